The van der Waals surface area contributed by atoms with Gasteiger partial charge in [0.05, 0.1) is 10.7 Å². The van der Waals surface area contributed by atoms with Gasteiger partial charge in [-0.05, 0) is 42.5 Å². The van der Waals surface area contributed by atoms with E-state index in [0.717, 1.165) is 0 Å². The highest BCUT2D eigenvalue weighted by atomic mass is 79.9. The lowest BCUT2D eigenvalue weighted by Gasteiger charge is -2.07. The molecule has 0 aliphatic carbocycles. The first kappa shape index (κ1) is 17.4. The molecule has 0 unspecified atom stereocenters. The second-order valence-corrected chi connectivity index (χ2v) is 6.21. The Balaban J connectivity index is 2.30. The number of hydrogen-bond acceptors (Lipinski definition) is 3. The fourth-order valence-electron chi connectivity index (χ4n) is 1.73. The van der Waals surface area contributed by atoms with Crippen LogP contribution in [0.4, 0.5) is 5.69 Å². The Morgan fingerprint density at radius 2 is 2.00 bits per heavy atom. The fourth-order valence-corrected chi connectivity index (χ4v) is 2.56. The van der Waals surface area contributed by atoms with E-state index in [-0.39, 0.29) is 16.3 Å². The predicted molar refractivity (Wildman–Crippen MR) is 94.5 cm³/mol. The summed E-state index contributed by atoms with van der Waals surface area (Å²) in [6, 6.07) is 11.1. The molecule has 116 valence electrons. The average molecular weight is 412 g/mol. The summed E-state index contributed by atoms with van der Waals surface area (Å²) in [5, 5.41) is 22.2. The Hall–Kier alpha value is -2.00. The van der Waals surface area contributed by atoms with Crippen LogP contribution < -0.4 is 5.32 Å². The highest BCUT2D eigenvalue weighted by Crippen LogP contribution is 2.27. The molecule has 4 nitrogen and oxygen atoms in total. The number of nitrogens with one attached hydrogen (secondary N) is 1. The van der Waals surface area contributed by atoms with Crippen LogP contribution in [-0.2, 0) is 4.79 Å². The van der Waals surface area contributed by atoms with Gasteiger partial charge >= 0.3 is 0 Å². The number of carbonyl (C=O) groups excluding carboxylic acids is 1. The van der Waals surface area contributed by atoms with Gasteiger partial charge in [-0.2, -0.15) is 5.26 Å². The summed E-state index contributed by atoms with van der Waals surface area (Å²) in [5.41, 5.74) is 0.498. The number of hydrogen-bond donors (Lipinski definition) is 2. The molecular weight excluding hydrogens is 403 g/mol. The molecule has 7 heteroatoms. The number of carbonyl (C=O) groups is 1. The zero-order valence-corrected chi connectivity index (χ0v) is 14.6. The quantitative estimate of drug-likeness (QED) is 0.550. The van der Waals surface area contributed by atoms with Gasteiger partial charge in [0.2, 0.25) is 0 Å². The second kappa shape index (κ2) is 7.51. The smallest absolute Gasteiger partial charge is 0.266 e. The van der Waals surface area contributed by atoms with Gasteiger partial charge in [-0.25, -0.2) is 0 Å². The van der Waals surface area contributed by atoms with Gasteiger partial charge < -0.3 is 10.4 Å². The lowest BCUT2D eigenvalue weighted by Crippen LogP contribution is -2.13. The number of benzene rings is 2. The molecule has 0 heterocycles. The van der Waals surface area contributed by atoms with Crippen molar-refractivity contribution in [2.75, 3.05) is 5.32 Å². The number of halogens is 3. The molecule has 0 spiro atoms. The molecule has 1 amide bonds. The Bertz CT molecular complexity index is 844. The maximum absolute atomic E-state index is 12.2. The molecule has 0 saturated heterocycles. The largest absolute Gasteiger partial charge is 0.507 e. The molecule has 0 atom stereocenters. The summed E-state index contributed by atoms with van der Waals surface area (Å²) in [5.74, 6) is -0.686. The number of phenolic OH excluding ortho intramolecular Hbond substituents is 1. The highest BCUT2D eigenvalue weighted by Gasteiger charge is 2.13. The van der Waals surface area contributed by atoms with Crippen LogP contribution in [0.15, 0.2) is 46.4 Å². The first-order valence-corrected chi connectivity index (χ1v) is 7.82. The van der Waals surface area contributed by atoms with Crippen LogP contribution in [0.1, 0.15) is 5.56 Å². The number of nitrogens with zero attached hydrogens (tertiary/aromatic N) is 1. The lowest BCUT2D eigenvalue weighted by molar-refractivity contribution is -0.112. The second-order valence-electron chi connectivity index (χ2n) is 4.45. The van der Waals surface area contributed by atoms with Crippen molar-refractivity contribution < 1.29 is 9.90 Å². The highest BCUT2D eigenvalue weighted by molar-refractivity contribution is 9.10. The molecule has 2 aromatic carbocycles. The fraction of sp³-hybridized carbons (Fsp3) is 0. The van der Waals surface area contributed by atoms with Crippen molar-refractivity contribution in [3.8, 4) is 11.8 Å². The van der Waals surface area contributed by atoms with Gasteiger partial charge in [-0.3, -0.25) is 4.79 Å². The first-order valence-electron chi connectivity index (χ1n) is 6.27. The van der Waals surface area contributed by atoms with E-state index in [1.54, 1.807) is 24.3 Å². The zero-order valence-electron chi connectivity index (χ0n) is 11.5. The van der Waals surface area contributed by atoms with Gasteiger partial charge in [0.1, 0.15) is 17.4 Å². The molecule has 0 aliphatic rings. The Labute approximate surface area is 151 Å². The van der Waals surface area contributed by atoms with E-state index in [0.29, 0.717) is 20.7 Å². The number of phenols is 1. The van der Waals surface area contributed by atoms with E-state index in [1.165, 1.54) is 24.3 Å². The van der Waals surface area contributed by atoms with Crippen molar-refractivity contribution >= 4 is 56.8 Å². The third kappa shape index (κ3) is 4.49. The van der Waals surface area contributed by atoms with Crippen LogP contribution in [0.2, 0.25) is 10.0 Å². The molecule has 0 bridgehead atoms. The van der Waals surface area contributed by atoms with E-state index >= 15 is 0 Å². The molecule has 2 rings (SSSR count). The lowest BCUT2D eigenvalue weighted by atomic mass is 10.1. The molecular formula is C16H9BrCl2N2O2. The van der Waals surface area contributed by atoms with Gasteiger partial charge in [-0.15, -0.1) is 0 Å². The Morgan fingerprint density at radius 1 is 1.26 bits per heavy atom. The average Bonchev–Trinajstić information content (AvgIpc) is 2.50. The van der Waals surface area contributed by atoms with Crippen molar-refractivity contribution in [1.82, 2.24) is 0 Å². The number of anilines is 1. The molecule has 0 aliphatic heterocycles. The molecule has 0 fully saturated rings. The van der Waals surface area contributed by atoms with E-state index in [9.17, 15) is 15.2 Å². The summed E-state index contributed by atoms with van der Waals surface area (Å²) in [6.45, 7) is 0. The number of aromatic hydroxyl groups is 1. The number of rotatable bonds is 3. The van der Waals surface area contributed by atoms with E-state index in [2.05, 4.69) is 21.2 Å². The summed E-state index contributed by atoms with van der Waals surface area (Å²) in [7, 11) is 0. The summed E-state index contributed by atoms with van der Waals surface area (Å²) in [6.07, 6.45) is 1.29. The SMILES string of the molecule is N#CC(=Cc1cc(Br)ccc1O)C(=O)Nc1ccc(Cl)cc1Cl. The molecule has 2 aromatic rings. The Morgan fingerprint density at radius 3 is 2.65 bits per heavy atom. The first-order chi connectivity index (χ1) is 10.9. The predicted octanol–water partition coefficient (Wildman–Crippen LogP) is 5.01. The van der Waals surface area contributed by atoms with Crippen LogP contribution in [0, 0.1) is 11.3 Å². The third-order valence-corrected chi connectivity index (χ3v) is 3.87. The van der Waals surface area contributed by atoms with Crippen molar-refractivity contribution in [3.05, 3.63) is 62.1 Å². The maximum Gasteiger partial charge on any atom is 0.266 e. The molecule has 2 N–H and O–H groups in total. The summed E-state index contributed by atoms with van der Waals surface area (Å²) < 4.78 is 0.708. The monoisotopic (exact) mass is 410 g/mol. The van der Waals surface area contributed by atoms with Gasteiger partial charge in [0, 0.05) is 15.1 Å². The number of amides is 1. The number of nitriles is 1. The van der Waals surface area contributed by atoms with Crippen molar-refractivity contribution in [2.24, 2.45) is 0 Å². The minimum atomic E-state index is -0.643. The van der Waals surface area contributed by atoms with E-state index < -0.39 is 5.91 Å². The van der Waals surface area contributed by atoms with Crippen LogP contribution in [0.3, 0.4) is 0 Å². The molecule has 0 radical (unpaired) electrons. The van der Waals surface area contributed by atoms with Crippen molar-refractivity contribution in [1.29, 1.82) is 5.26 Å². The van der Waals surface area contributed by atoms with Gasteiger partial charge in [0.25, 0.3) is 5.91 Å². The maximum atomic E-state index is 12.2. The van der Waals surface area contributed by atoms with Gasteiger partial charge in [-0.1, -0.05) is 39.1 Å². The minimum Gasteiger partial charge on any atom is -0.507 e. The Kier molecular flexibility index (Phi) is 5.67. The topological polar surface area (TPSA) is 73.1 Å². The third-order valence-electron chi connectivity index (χ3n) is 2.83. The van der Waals surface area contributed by atoms with Crippen LogP contribution in [-0.4, -0.2) is 11.0 Å². The van der Waals surface area contributed by atoms with Gasteiger partial charge in [0.15, 0.2) is 0 Å². The standard InChI is InChI=1S/C16H9BrCl2N2O2/c17-11-1-4-15(22)9(6-11)5-10(8-20)16(23)21-14-3-2-12(18)7-13(14)19/h1-7,22H,(H,21,23). The molecule has 0 saturated carbocycles. The molecule has 0 aromatic heterocycles. The summed E-state index contributed by atoms with van der Waals surface area (Å²) in [4.78, 5) is 12.2. The van der Waals surface area contributed by atoms with Crippen molar-refractivity contribution in [3.63, 3.8) is 0 Å². The molecule has 23 heavy (non-hydrogen) atoms. The van der Waals surface area contributed by atoms with Crippen LogP contribution in [0.25, 0.3) is 6.08 Å². The normalized spacial score (nSPS) is 11.0. The summed E-state index contributed by atoms with van der Waals surface area (Å²) >= 11 is 15.0. The van der Waals surface area contributed by atoms with Crippen LogP contribution in [0.5, 0.6) is 5.75 Å². The minimum absolute atomic E-state index is 0.0433. The van der Waals surface area contributed by atoms with E-state index in [1.807, 2.05) is 0 Å². The van der Waals surface area contributed by atoms with Crippen molar-refractivity contribution in [2.45, 2.75) is 0 Å². The van der Waals surface area contributed by atoms with Crippen LogP contribution >= 0.6 is 39.1 Å². The van der Waals surface area contributed by atoms with E-state index in [4.69, 9.17) is 23.2 Å². The zero-order chi connectivity index (χ0) is 17.0.